The Bertz CT molecular complexity index is 739. The lowest BCUT2D eigenvalue weighted by Gasteiger charge is -2.14. The number of nitrogens with zero attached hydrogens (tertiary/aromatic N) is 3. The Morgan fingerprint density at radius 1 is 1.35 bits per heavy atom. The number of aromatic nitrogens is 3. The molecule has 0 aliphatic carbocycles. The Balaban J connectivity index is 1.76. The summed E-state index contributed by atoms with van der Waals surface area (Å²) in [6, 6.07) is 3.92. The van der Waals surface area contributed by atoms with Gasteiger partial charge in [0.2, 0.25) is 0 Å². The first-order valence-corrected chi connectivity index (χ1v) is 7.26. The molecule has 1 amide bonds. The van der Waals surface area contributed by atoms with Crippen molar-refractivity contribution in [2.45, 2.75) is 38.5 Å². The fraction of sp³-hybridized carbons (Fsp3) is 0.400. The molecule has 1 aromatic heterocycles. The van der Waals surface area contributed by atoms with E-state index in [1.54, 1.807) is 6.92 Å². The molecule has 0 unspecified atom stereocenters. The van der Waals surface area contributed by atoms with Crippen LogP contribution in [0.25, 0.3) is 0 Å². The summed E-state index contributed by atoms with van der Waals surface area (Å²) in [5, 5.41) is 10.8. The normalized spacial score (nSPS) is 15.3. The maximum Gasteiger partial charge on any atom is 0.416 e. The lowest BCUT2D eigenvalue weighted by molar-refractivity contribution is -0.137. The Morgan fingerprint density at radius 3 is 2.87 bits per heavy atom. The van der Waals surface area contributed by atoms with Crippen molar-refractivity contribution in [1.82, 2.24) is 20.1 Å². The standard InChI is InChI=1S/C15H15F3N4O/c1-9(13-21-20-12-6-3-7-22(12)13)19-14(23)10-4-2-5-11(8-10)15(16,17)18/h2,4-5,8-9H,3,6-7H2,1H3,(H,19,23)/t9-/m0/s1. The number of carbonyl (C=O) groups excluding carboxylic acids is 1. The summed E-state index contributed by atoms with van der Waals surface area (Å²) in [6.07, 6.45) is -2.65. The van der Waals surface area contributed by atoms with Gasteiger partial charge in [-0.05, 0) is 31.5 Å². The molecule has 23 heavy (non-hydrogen) atoms. The summed E-state index contributed by atoms with van der Waals surface area (Å²) in [4.78, 5) is 12.2. The molecule has 122 valence electrons. The monoisotopic (exact) mass is 324 g/mol. The molecule has 1 aliphatic rings. The number of nitrogens with one attached hydrogen (secondary N) is 1. The van der Waals surface area contributed by atoms with Crippen molar-refractivity contribution < 1.29 is 18.0 Å². The average molecular weight is 324 g/mol. The maximum atomic E-state index is 12.7. The number of hydrogen-bond donors (Lipinski definition) is 1. The SMILES string of the molecule is C[C@H](NC(=O)c1cccc(C(F)(F)F)c1)c1nnc2n1CCC2. The van der Waals surface area contributed by atoms with Crippen LogP contribution in [0.4, 0.5) is 13.2 Å². The van der Waals surface area contributed by atoms with Crippen LogP contribution in [0.15, 0.2) is 24.3 Å². The van der Waals surface area contributed by atoms with Gasteiger partial charge in [0, 0.05) is 18.5 Å². The van der Waals surface area contributed by atoms with Crippen LogP contribution < -0.4 is 5.32 Å². The van der Waals surface area contributed by atoms with Crippen LogP contribution in [0.1, 0.15) is 47.0 Å². The van der Waals surface area contributed by atoms with Crippen LogP contribution in [0.3, 0.4) is 0 Å². The number of fused-ring (bicyclic) bond motifs is 1. The minimum atomic E-state index is -4.48. The molecule has 0 spiro atoms. The number of alkyl halides is 3. The first-order valence-electron chi connectivity index (χ1n) is 7.26. The first-order chi connectivity index (χ1) is 10.9. The number of halogens is 3. The van der Waals surface area contributed by atoms with Gasteiger partial charge >= 0.3 is 6.18 Å². The second-order valence-corrected chi connectivity index (χ2v) is 5.50. The second kappa shape index (κ2) is 5.68. The molecule has 1 atom stereocenters. The smallest absolute Gasteiger partial charge is 0.342 e. The van der Waals surface area contributed by atoms with E-state index in [1.807, 2.05) is 4.57 Å². The predicted octanol–water partition coefficient (Wildman–Crippen LogP) is 2.73. The van der Waals surface area contributed by atoms with Gasteiger partial charge in [0.15, 0.2) is 5.82 Å². The van der Waals surface area contributed by atoms with Gasteiger partial charge in [-0.2, -0.15) is 13.2 Å². The van der Waals surface area contributed by atoms with Crippen LogP contribution >= 0.6 is 0 Å². The summed E-state index contributed by atoms with van der Waals surface area (Å²) in [7, 11) is 0. The van der Waals surface area contributed by atoms with Crippen LogP contribution in [0, 0.1) is 0 Å². The molecule has 0 radical (unpaired) electrons. The van der Waals surface area contributed by atoms with Crippen molar-refractivity contribution in [2.24, 2.45) is 0 Å². The number of aryl methyl sites for hydroxylation is 1. The maximum absolute atomic E-state index is 12.7. The number of hydrogen-bond acceptors (Lipinski definition) is 3. The van der Waals surface area contributed by atoms with Crippen LogP contribution in [0.2, 0.25) is 0 Å². The zero-order chi connectivity index (χ0) is 16.6. The largest absolute Gasteiger partial charge is 0.416 e. The van der Waals surface area contributed by atoms with E-state index in [0.717, 1.165) is 37.3 Å². The fourth-order valence-corrected chi connectivity index (χ4v) is 2.67. The number of carbonyl (C=O) groups is 1. The molecule has 1 aromatic carbocycles. The van der Waals surface area contributed by atoms with Gasteiger partial charge in [-0.25, -0.2) is 0 Å². The molecule has 0 fully saturated rings. The molecular formula is C15H15F3N4O. The topological polar surface area (TPSA) is 59.8 Å². The lowest BCUT2D eigenvalue weighted by Crippen LogP contribution is -2.29. The molecular weight excluding hydrogens is 309 g/mol. The molecule has 5 nitrogen and oxygen atoms in total. The summed E-state index contributed by atoms with van der Waals surface area (Å²) >= 11 is 0. The van der Waals surface area contributed by atoms with Gasteiger partial charge in [-0.3, -0.25) is 4.79 Å². The Labute approximate surface area is 130 Å². The average Bonchev–Trinajstić information content (AvgIpc) is 3.09. The molecule has 0 saturated heterocycles. The van der Waals surface area contributed by atoms with E-state index in [4.69, 9.17) is 0 Å². The molecule has 1 aliphatic heterocycles. The van der Waals surface area contributed by atoms with E-state index in [9.17, 15) is 18.0 Å². The third-order valence-electron chi connectivity index (χ3n) is 3.83. The van der Waals surface area contributed by atoms with E-state index >= 15 is 0 Å². The van der Waals surface area contributed by atoms with Gasteiger partial charge < -0.3 is 9.88 Å². The molecule has 2 aromatic rings. The van der Waals surface area contributed by atoms with Crippen molar-refractivity contribution in [3.8, 4) is 0 Å². The van der Waals surface area contributed by atoms with E-state index in [1.165, 1.54) is 12.1 Å². The zero-order valence-electron chi connectivity index (χ0n) is 12.4. The van der Waals surface area contributed by atoms with Gasteiger partial charge in [0.25, 0.3) is 5.91 Å². The molecule has 1 N–H and O–H groups in total. The minimum Gasteiger partial charge on any atom is -0.342 e. The van der Waals surface area contributed by atoms with E-state index < -0.39 is 23.7 Å². The molecule has 0 bridgehead atoms. The summed E-state index contributed by atoms with van der Waals surface area (Å²) in [5.41, 5.74) is -0.881. The third kappa shape index (κ3) is 3.06. The van der Waals surface area contributed by atoms with Gasteiger partial charge in [0.1, 0.15) is 5.82 Å². The van der Waals surface area contributed by atoms with E-state index in [2.05, 4.69) is 15.5 Å². The summed E-state index contributed by atoms with van der Waals surface area (Å²) < 4.78 is 40.1. The Morgan fingerprint density at radius 2 is 2.13 bits per heavy atom. The van der Waals surface area contributed by atoms with Crippen LogP contribution in [0.5, 0.6) is 0 Å². The van der Waals surface area contributed by atoms with Crippen LogP contribution in [-0.2, 0) is 19.1 Å². The molecule has 2 heterocycles. The van der Waals surface area contributed by atoms with Crippen molar-refractivity contribution in [3.63, 3.8) is 0 Å². The van der Waals surface area contributed by atoms with Crippen LogP contribution in [-0.4, -0.2) is 20.7 Å². The van der Waals surface area contributed by atoms with Crippen molar-refractivity contribution >= 4 is 5.91 Å². The quantitative estimate of drug-likeness (QED) is 0.944. The fourth-order valence-electron chi connectivity index (χ4n) is 2.67. The van der Waals surface area contributed by atoms with Gasteiger partial charge in [-0.1, -0.05) is 6.07 Å². The van der Waals surface area contributed by atoms with Crippen molar-refractivity contribution in [1.29, 1.82) is 0 Å². The summed E-state index contributed by atoms with van der Waals surface area (Å²) in [6.45, 7) is 2.53. The highest BCUT2D eigenvalue weighted by Crippen LogP contribution is 2.29. The second-order valence-electron chi connectivity index (χ2n) is 5.50. The number of amides is 1. The molecule has 8 heteroatoms. The Kier molecular flexibility index (Phi) is 3.83. The zero-order valence-corrected chi connectivity index (χ0v) is 12.4. The molecule has 0 saturated carbocycles. The van der Waals surface area contributed by atoms with E-state index in [-0.39, 0.29) is 5.56 Å². The first kappa shape index (κ1) is 15.5. The number of rotatable bonds is 3. The van der Waals surface area contributed by atoms with Crippen molar-refractivity contribution in [3.05, 3.63) is 47.0 Å². The summed E-state index contributed by atoms with van der Waals surface area (Å²) in [5.74, 6) is 0.928. The highest BCUT2D eigenvalue weighted by molar-refractivity contribution is 5.94. The Hall–Kier alpha value is -2.38. The highest BCUT2D eigenvalue weighted by Gasteiger charge is 2.31. The third-order valence-corrected chi connectivity index (χ3v) is 3.83. The van der Waals surface area contributed by atoms with E-state index in [0.29, 0.717) is 5.82 Å². The number of benzene rings is 1. The van der Waals surface area contributed by atoms with Gasteiger partial charge in [-0.15, -0.1) is 10.2 Å². The van der Waals surface area contributed by atoms with Crippen molar-refractivity contribution in [2.75, 3.05) is 0 Å². The predicted molar refractivity (Wildman–Crippen MR) is 75.7 cm³/mol. The molecule has 3 rings (SSSR count). The highest BCUT2D eigenvalue weighted by atomic mass is 19.4. The minimum absolute atomic E-state index is 0.0344. The lowest BCUT2D eigenvalue weighted by atomic mass is 10.1. The van der Waals surface area contributed by atoms with Gasteiger partial charge in [0.05, 0.1) is 11.6 Å².